The number of esters is 1. The van der Waals surface area contributed by atoms with E-state index < -0.39 is 80.7 Å². The molecule has 0 spiro atoms. The summed E-state index contributed by atoms with van der Waals surface area (Å²) in [6.07, 6.45) is 48.2. The van der Waals surface area contributed by atoms with Crippen molar-refractivity contribution in [1.29, 1.82) is 0 Å². The number of aliphatic hydroxyl groups excluding tert-OH is 7. The Morgan fingerprint density at radius 2 is 0.765 bits per heavy atom. The van der Waals surface area contributed by atoms with E-state index in [4.69, 9.17) is 28.4 Å². The summed E-state index contributed by atoms with van der Waals surface area (Å²) >= 11 is 0. The highest BCUT2D eigenvalue weighted by molar-refractivity contribution is 5.69. The topological polar surface area (TPSA) is 214 Å². The van der Waals surface area contributed by atoms with Gasteiger partial charge in [0.25, 0.3) is 0 Å². The number of rotatable bonds is 57. The molecule has 2 rings (SSSR count). The maximum Gasteiger partial charge on any atom is 0.306 e. The highest BCUT2D eigenvalue weighted by atomic mass is 16.7. The Hall–Kier alpha value is -1.53. The van der Waals surface area contributed by atoms with Crippen molar-refractivity contribution in [3.63, 3.8) is 0 Å². The van der Waals surface area contributed by atoms with Gasteiger partial charge in [-0.1, -0.05) is 269 Å². The van der Waals surface area contributed by atoms with Crippen LogP contribution in [0.4, 0.5) is 0 Å². The second-order valence-electron chi connectivity index (χ2n) is 24.0. The Kier molecular flexibility index (Phi) is 50.3. The summed E-state index contributed by atoms with van der Waals surface area (Å²) in [6.45, 7) is 3.75. The van der Waals surface area contributed by atoms with Gasteiger partial charge in [0, 0.05) is 13.0 Å². The Morgan fingerprint density at radius 3 is 1.19 bits per heavy atom. The predicted molar refractivity (Wildman–Crippen MR) is 326 cm³/mol. The monoisotopic (exact) mass is 1150 g/mol. The molecule has 0 saturated carbocycles. The van der Waals surface area contributed by atoms with Crippen molar-refractivity contribution in [1.82, 2.24) is 0 Å². The minimum absolute atomic E-state index is 0.0665. The van der Waals surface area contributed by atoms with Crippen LogP contribution in [-0.4, -0.2) is 142 Å². The van der Waals surface area contributed by atoms with Gasteiger partial charge in [-0.25, -0.2) is 0 Å². The van der Waals surface area contributed by atoms with Gasteiger partial charge in [0.05, 0.1) is 26.4 Å². The van der Waals surface area contributed by atoms with Crippen LogP contribution in [0.25, 0.3) is 0 Å². The number of unbranched alkanes of at least 4 members (excludes halogenated alkanes) is 39. The predicted octanol–water partition coefficient (Wildman–Crippen LogP) is 13.9. The van der Waals surface area contributed by atoms with Crippen LogP contribution in [0.15, 0.2) is 24.3 Å². The third kappa shape index (κ3) is 39.7. The van der Waals surface area contributed by atoms with Gasteiger partial charge in [-0.3, -0.25) is 4.79 Å². The molecule has 2 saturated heterocycles. The lowest BCUT2D eigenvalue weighted by atomic mass is 9.98. The molecule has 0 aromatic heterocycles. The van der Waals surface area contributed by atoms with Crippen LogP contribution in [-0.2, 0) is 33.2 Å². The highest BCUT2D eigenvalue weighted by Crippen LogP contribution is 2.27. The second kappa shape index (κ2) is 53.9. The molecule has 0 radical (unpaired) electrons. The van der Waals surface area contributed by atoms with E-state index in [2.05, 4.69) is 38.2 Å². The number of hydrogen-bond acceptors (Lipinski definition) is 14. The third-order valence-corrected chi connectivity index (χ3v) is 16.5. The van der Waals surface area contributed by atoms with Crippen molar-refractivity contribution in [2.45, 2.75) is 364 Å². The number of carbonyl (C=O) groups is 1. The molecule has 478 valence electrons. The molecule has 81 heavy (non-hydrogen) atoms. The number of carbonyl (C=O) groups excluding carboxylic acids is 1. The van der Waals surface area contributed by atoms with Gasteiger partial charge in [0.15, 0.2) is 12.6 Å². The van der Waals surface area contributed by atoms with E-state index in [1.807, 2.05) is 0 Å². The molecule has 2 heterocycles. The van der Waals surface area contributed by atoms with Crippen molar-refractivity contribution < 1.29 is 69.0 Å². The maximum absolute atomic E-state index is 13.1. The minimum atomic E-state index is -1.71. The van der Waals surface area contributed by atoms with E-state index in [1.165, 1.54) is 225 Å². The van der Waals surface area contributed by atoms with Crippen molar-refractivity contribution in [3.05, 3.63) is 24.3 Å². The maximum atomic E-state index is 13.1. The first-order chi connectivity index (χ1) is 39.6. The van der Waals surface area contributed by atoms with Gasteiger partial charge in [-0.05, 0) is 44.9 Å². The van der Waals surface area contributed by atoms with E-state index in [-0.39, 0.29) is 25.6 Å². The van der Waals surface area contributed by atoms with E-state index >= 15 is 0 Å². The van der Waals surface area contributed by atoms with Crippen LogP contribution in [0, 0.1) is 0 Å². The number of ether oxygens (including phenoxy) is 6. The average molecular weight is 1160 g/mol. The van der Waals surface area contributed by atoms with Crippen LogP contribution in [0.1, 0.15) is 296 Å². The summed E-state index contributed by atoms with van der Waals surface area (Å²) in [5, 5.41) is 72.6. The van der Waals surface area contributed by atoms with E-state index in [0.29, 0.717) is 13.0 Å². The van der Waals surface area contributed by atoms with Crippen molar-refractivity contribution in [2.24, 2.45) is 0 Å². The van der Waals surface area contributed by atoms with Gasteiger partial charge in [0.1, 0.15) is 54.9 Å². The van der Waals surface area contributed by atoms with Gasteiger partial charge in [-0.2, -0.15) is 0 Å². The summed E-state index contributed by atoms with van der Waals surface area (Å²) in [5.74, 6) is -0.371. The molecule has 0 aromatic rings. The zero-order valence-corrected chi connectivity index (χ0v) is 51.8. The first-order valence-electron chi connectivity index (χ1n) is 33.9. The van der Waals surface area contributed by atoms with Crippen molar-refractivity contribution in [2.75, 3.05) is 33.0 Å². The molecule has 14 heteroatoms. The Balaban J connectivity index is 1.65. The summed E-state index contributed by atoms with van der Waals surface area (Å²) in [4.78, 5) is 13.1. The Bertz CT molecular complexity index is 1430. The zero-order valence-electron chi connectivity index (χ0n) is 51.8. The largest absolute Gasteiger partial charge is 0.457 e. The fraction of sp³-hybridized carbons (Fsp3) is 0.925. The van der Waals surface area contributed by atoms with Gasteiger partial charge < -0.3 is 64.2 Å². The molecule has 14 nitrogen and oxygen atoms in total. The average Bonchev–Trinajstić information content (AvgIpc) is 3.46. The lowest BCUT2D eigenvalue weighted by Gasteiger charge is -2.42. The molecule has 11 unspecified atom stereocenters. The first-order valence-corrected chi connectivity index (χ1v) is 33.9. The molecule has 2 fully saturated rings. The van der Waals surface area contributed by atoms with Gasteiger partial charge in [0.2, 0.25) is 0 Å². The minimum Gasteiger partial charge on any atom is -0.457 e. The Morgan fingerprint density at radius 1 is 0.407 bits per heavy atom. The van der Waals surface area contributed by atoms with Crippen LogP contribution in [0.3, 0.4) is 0 Å². The summed E-state index contributed by atoms with van der Waals surface area (Å²) < 4.78 is 34.5. The SMILES string of the molecule is CCCCCCC/C=C\C/C=C\CCCCCCCCCCCCCC(=O)OC(COCCCCCCCCCCCCCCCCCCCCCCCCCC)COC1OC(COC2OC(CO)C(O)C(O)C2O)C(O)C(O)C1O. The fourth-order valence-corrected chi connectivity index (χ4v) is 11.0. The first kappa shape index (κ1) is 75.6. The van der Waals surface area contributed by atoms with E-state index in [0.717, 1.165) is 44.9 Å². The van der Waals surface area contributed by atoms with Crippen LogP contribution >= 0.6 is 0 Å². The fourth-order valence-electron chi connectivity index (χ4n) is 11.0. The zero-order chi connectivity index (χ0) is 58.6. The molecule has 0 bridgehead atoms. The molecule has 0 amide bonds. The lowest BCUT2D eigenvalue weighted by molar-refractivity contribution is -0.332. The number of aliphatic hydroxyl groups is 7. The van der Waals surface area contributed by atoms with Crippen LogP contribution < -0.4 is 0 Å². The molecule has 2 aliphatic rings. The second-order valence-corrected chi connectivity index (χ2v) is 24.0. The van der Waals surface area contributed by atoms with Crippen LogP contribution in [0.5, 0.6) is 0 Å². The molecule has 0 aliphatic carbocycles. The highest BCUT2D eigenvalue weighted by Gasteiger charge is 2.47. The normalized spacial score (nSPS) is 23.8. The number of hydrogen-bond donors (Lipinski definition) is 7. The summed E-state index contributed by atoms with van der Waals surface area (Å²) in [5.41, 5.74) is 0. The summed E-state index contributed by atoms with van der Waals surface area (Å²) in [6, 6.07) is 0. The molecular formula is C67H126O14. The quantitative estimate of drug-likeness (QED) is 0.0171. The third-order valence-electron chi connectivity index (χ3n) is 16.5. The molecule has 7 N–H and O–H groups in total. The Labute approximate surface area is 494 Å². The van der Waals surface area contributed by atoms with Crippen LogP contribution in [0.2, 0.25) is 0 Å². The molecule has 2 aliphatic heterocycles. The molecular weight excluding hydrogens is 1030 g/mol. The molecule has 0 aromatic carbocycles. The lowest BCUT2D eigenvalue weighted by Crippen LogP contribution is -2.61. The van der Waals surface area contributed by atoms with Gasteiger partial charge >= 0.3 is 5.97 Å². The van der Waals surface area contributed by atoms with E-state index in [9.17, 15) is 40.5 Å². The standard InChI is InChI=1S/C67H126O14/c1-3-5-7-9-11-13-15-17-19-21-23-25-27-29-31-33-35-37-39-41-43-45-47-49-51-76-53-56(54-77-66-65(75)63(73)61(71)58(81-66)55-78-67-64(74)62(72)60(70)57(52-68)80-67)79-59(69)50-48-46-44-42-40-38-36-34-32-30-28-26-24-22-20-18-16-14-12-10-8-6-4-2/h16,18,22,24,56-58,60-68,70-75H,3-15,17,19-21,23,25-55H2,1-2H3/b18-16-,24-22-. The van der Waals surface area contributed by atoms with E-state index in [1.54, 1.807) is 0 Å². The van der Waals surface area contributed by atoms with Gasteiger partial charge in [-0.15, -0.1) is 0 Å². The number of allylic oxidation sites excluding steroid dienone is 4. The molecule has 11 atom stereocenters. The van der Waals surface area contributed by atoms with Crippen molar-refractivity contribution >= 4 is 5.97 Å². The smallest absolute Gasteiger partial charge is 0.306 e. The van der Waals surface area contributed by atoms with Crippen molar-refractivity contribution in [3.8, 4) is 0 Å². The summed E-state index contributed by atoms with van der Waals surface area (Å²) in [7, 11) is 0.